The number of rotatable bonds is 5. The molecule has 2 rings (SSSR count). The standard InChI is InChI=1S/C12H11N3O5/c13-8(12(16)17)6-20-10-4-3-9(15(18)19)7-2-1-5-14-11(7)10/h1-5,8H,6,13H2,(H,16,17). The highest BCUT2D eigenvalue weighted by molar-refractivity contribution is 5.92. The number of aliphatic carboxylic acids is 1. The van der Waals surface area contributed by atoms with Gasteiger partial charge in [-0.15, -0.1) is 0 Å². The summed E-state index contributed by atoms with van der Waals surface area (Å²) >= 11 is 0. The number of nitro benzene ring substituents is 1. The fraction of sp³-hybridized carbons (Fsp3) is 0.167. The topological polar surface area (TPSA) is 129 Å². The Morgan fingerprint density at radius 3 is 2.90 bits per heavy atom. The van der Waals surface area contributed by atoms with Crippen LogP contribution >= 0.6 is 0 Å². The van der Waals surface area contributed by atoms with E-state index in [-0.39, 0.29) is 18.0 Å². The highest BCUT2D eigenvalue weighted by Crippen LogP contribution is 2.31. The molecule has 2 aromatic rings. The van der Waals surface area contributed by atoms with Crippen LogP contribution in [0.15, 0.2) is 30.5 Å². The van der Waals surface area contributed by atoms with Crippen molar-refractivity contribution in [1.29, 1.82) is 0 Å². The first-order valence-corrected chi connectivity index (χ1v) is 5.64. The number of ether oxygens (including phenoxy) is 1. The molecule has 0 radical (unpaired) electrons. The first kappa shape index (κ1) is 13.7. The van der Waals surface area contributed by atoms with E-state index in [9.17, 15) is 14.9 Å². The van der Waals surface area contributed by atoms with E-state index in [2.05, 4.69) is 4.98 Å². The summed E-state index contributed by atoms with van der Waals surface area (Å²) in [6, 6.07) is 4.60. The molecule has 104 valence electrons. The zero-order chi connectivity index (χ0) is 14.7. The summed E-state index contributed by atoms with van der Waals surface area (Å²) in [6.45, 7) is -0.251. The van der Waals surface area contributed by atoms with Crippen molar-refractivity contribution in [2.45, 2.75) is 6.04 Å². The third kappa shape index (κ3) is 2.64. The van der Waals surface area contributed by atoms with Gasteiger partial charge < -0.3 is 15.6 Å². The highest BCUT2D eigenvalue weighted by Gasteiger charge is 2.17. The Labute approximate surface area is 112 Å². The number of hydrogen-bond donors (Lipinski definition) is 2. The van der Waals surface area contributed by atoms with Gasteiger partial charge in [0.05, 0.1) is 10.3 Å². The molecule has 8 heteroatoms. The Morgan fingerprint density at radius 1 is 1.50 bits per heavy atom. The Hall–Kier alpha value is -2.74. The van der Waals surface area contributed by atoms with Crippen LogP contribution in [0.25, 0.3) is 10.9 Å². The molecule has 1 aromatic carbocycles. The van der Waals surface area contributed by atoms with Gasteiger partial charge >= 0.3 is 5.97 Å². The van der Waals surface area contributed by atoms with Gasteiger partial charge in [0.25, 0.3) is 5.69 Å². The van der Waals surface area contributed by atoms with E-state index in [0.717, 1.165) is 0 Å². The normalized spacial score (nSPS) is 12.1. The van der Waals surface area contributed by atoms with Crippen LogP contribution in [0, 0.1) is 10.1 Å². The number of nitrogens with two attached hydrogens (primary N) is 1. The minimum atomic E-state index is -1.19. The van der Waals surface area contributed by atoms with Gasteiger partial charge in [-0.1, -0.05) is 0 Å². The molecule has 0 aliphatic rings. The number of fused-ring (bicyclic) bond motifs is 1. The van der Waals surface area contributed by atoms with Crippen molar-refractivity contribution in [3.63, 3.8) is 0 Å². The molecule has 1 heterocycles. The number of carbonyl (C=O) groups is 1. The van der Waals surface area contributed by atoms with Gasteiger partial charge in [0.2, 0.25) is 0 Å². The smallest absolute Gasteiger partial charge is 0.324 e. The maximum Gasteiger partial charge on any atom is 0.324 e. The van der Waals surface area contributed by atoms with Crippen molar-refractivity contribution in [2.24, 2.45) is 5.73 Å². The van der Waals surface area contributed by atoms with Gasteiger partial charge in [0.15, 0.2) is 0 Å². The molecule has 8 nitrogen and oxygen atoms in total. The fourth-order valence-corrected chi connectivity index (χ4v) is 1.66. The zero-order valence-corrected chi connectivity index (χ0v) is 10.2. The number of hydrogen-bond acceptors (Lipinski definition) is 6. The quantitative estimate of drug-likeness (QED) is 0.614. The lowest BCUT2D eigenvalue weighted by Crippen LogP contribution is -2.36. The summed E-state index contributed by atoms with van der Waals surface area (Å²) in [5.74, 6) is -0.938. The molecular weight excluding hydrogens is 266 g/mol. The molecular formula is C12H11N3O5. The molecule has 0 aliphatic carbocycles. The van der Waals surface area contributed by atoms with Crippen LogP contribution in [0.2, 0.25) is 0 Å². The lowest BCUT2D eigenvalue weighted by atomic mass is 10.1. The second kappa shape index (κ2) is 5.49. The molecule has 0 fully saturated rings. The Kier molecular flexibility index (Phi) is 3.76. The van der Waals surface area contributed by atoms with Gasteiger partial charge in [-0.25, -0.2) is 0 Å². The van der Waals surface area contributed by atoms with Crippen LogP contribution in [0.5, 0.6) is 5.75 Å². The average molecular weight is 277 g/mol. The van der Waals surface area contributed by atoms with Crippen LogP contribution in [0.3, 0.4) is 0 Å². The summed E-state index contributed by atoms with van der Waals surface area (Å²) in [7, 11) is 0. The summed E-state index contributed by atoms with van der Waals surface area (Å²) in [5.41, 5.74) is 5.53. The lowest BCUT2D eigenvalue weighted by molar-refractivity contribution is -0.383. The second-order valence-electron chi connectivity index (χ2n) is 4.00. The van der Waals surface area contributed by atoms with Gasteiger partial charge in [-0.3, -0.25) is 19.9 Å². The molecule has 0 aliphatic heterocycles. The molecule has 0 saturated carbocycles. The predicted molar refractivity (Wildman–Crippen MR) is 69.5 cm³/mol. The number of carboxylic acids is 1. The van der Waals surface area contributed by atoms with Crippen molar-refractivity contribution in [2.75, 3.05) is 6.61 Å². The Morgan fingerprint density at radius 2 is 2.25 bits per heavy atom. The van der Waals surface area contributed by atoms with Crippen LogP contribution in [-0.4, -0.2) is 33.6 Å². The molecule has 0 bridgehead atoms. The monoisotopic (exact) mass is 277 g/mol. The van der Waals surface area contributed by atoms with Gasteiger partial charge in [-0.2, -0.15) is 0 Å². The van der Waals surface area contributed by atoms with E-state index in [4.69, 9.17) is 15.6 Å². The van der Waals surface area contributed by atoms with E-state index in [0.29, 0.717) is 10.9 Å². The minimum Gasteiger partial charge on any atom is -0.489 e. The van der Waals surface area contributed by atoms with Crippen LogP contribution in [0.1, 0.15) is 0 Å². The molecule has 1 aromatic heterocycles. The molecule has 20 heavy (non-hydrogen) atoms. The van der Waals surface area contributed by atoms with E-state index < -0.39 is 16.9 Å². The second-order valence-corrected chi connectivity index (χ2v) is 4.00. The first-order chi connectivity index (χ1) is 9.50. The molecule has 0 amide bonds. The minimum absolute atomic E-state index is 0.0945. The van der Waals surface area contributed by atoms with Gasteiger partial charge in [0, 0.05) is 12.3 Å². The van der Waals surface area contributed by atoms with Crippen molar-refractivity contribution >= 4 is 22.6 Å². The summed E-state index contributed by atoms with van der Waals surface area (Å²) < 4.78 is 5.29. The number of non-ortho nitro benzene ring substituents is 1. The number of aromatic nitrogens is 1. The van der Waals surface area contributed by atoms with Crippen LogP contribution in [0.4, 0.5) is 5.69 Å². The van der Waals surface area contributed by atoms with Crippen molar-refractivity contribution < 1.29 is 19.6 Å². The third-order valence-corrected chi connectivity index (χ3v) is 2.64. The van der Waals surface area contributed by atoms with Crippen LogP contribution in [-0.2, 0) is 4.79 Å². The molecule has 1 atom stereocenters. The van der Waals surface area contributed by atoms with Crippen LogP contribution < -0.4 is 10.5 Å². The maximum absolute atomic E-state index is 10.9. The third-order valence-electron chi connectivity index (χ3n) is 2.64. The molecule has 0 saturated heterocycles. The molecule has 1 unspecified atom stereocenters. The number of nitrogens with zero attached hydrogens (tertiary/aromatic N) is 2. The summed E-state index contributed by atoms with van der Waals surface area (Å²) in [4.78, 5) is 25.1. The number of nitro groups is 1. The Balaban J connectivity index is 2.38. The Bertz CT molecular complexity index is 673. The van der Waals surface area contributed by atoms with Gasteiger partial charge in [-0.05, 0) is 18.2 Å². The number of benzene rings is 1. The largest absolute Gasteiger partial charge is 0.489 e. The SMILES string of the molecule is NC(COc1ccc([N+](=O)[O-])c2cccnc12)C(=O)O. The average Bonchev–Trinajstić information content (AvgIpc) is 2.43. The summed E-state index contributed by atoms with van der Waals surface area (Å²) in [6.07, 6.45) is 1.47. The maximum atomic E-state index is 10.9. The van der Waals surface area contributed by atoms with E-state index >= 15 is 0 Å². The first-order valence-electron chi connectivity index (χ1n) is 5.64. The van der Waals surface area contributed by atoms with Crippen molar-refractivity contribution in [3.05, 3.63) is 40.6 Å². The predicted octanol–water partition coefficient (Wildman–Crippen LogP) is 0.934. The highest BCUT2D eigenvalue weighted by atomic mass is 16.6. The fourth-order valence-electron chi connectivity index (χ4n) is 1.66. The summed E-state index contributed by atoms with van der Waals surface area (Å²) in [5, 5.41) is 19.9. The zero-order valence-electron chi connectivity index (χ0n) is 10.2. The lowest BCUT2D eigenvalue weighted by Gasteiger charge is -2.11. The number of carboxylic acid groups (broad SMARTS) is 1. The molecule has 3 N–H and O–H groups in total. The van der Waals surface area contributed by atoms with E-state index in [1.54, 1.807) is 12.1 Å². The van der Waals surface area contributed by atoms with E-state index in [1.807, 2.05) is 0 Å². The molecule has 0 spiro atoms. The number of pyridine rings is 1. The van der Waals surface area contributed by atoms with E-state index in [1.165, 1.54) is 18.3 Å². The van der Waals surface area contributed by atoms with Gasteiger partial charge in [0.1, 0.15) is 23.9 Å². The van der Waals surface area contributed by atoms with Crippen molar-refractivity contribution in [3.8, 4) is 5.75 Å². The van der Waals surface area contributed by atoms with Crippen molar-refractivity contribution in [1.82, 2.24) is 4.98 Å².